The van der Waals surface area contributed by atoms with Gasteiger partial charge in [0.15, 0.2) is 0 Å². The number of primary amides is 1. The van der Waals surface area contributed by atoms with Gasteiger partial charge in [-0.05, 0) is 10.5 Å². The first-order valence-electron chi connectivity index (χ1n) is 6.14. The molecule has 1 fully saturated rings. The summed E-state index contributed by atoms with van der Waals surface area (Å²) in [7, 11) is -7.29. The average Bonchev–Trinajstić information content (AvgIpc) is 2.35. The van der Waals surface area contributed by atoms with E-state index in [1.165, 1.54) is 0 Å². The van der Waals surface area contributed by atoms with E-state index < -0.39 is 30.2 Å². The van der Waals surface area contributed by atoms with E-state index in [0.717, 1.165) is 10.6 Å². The minimum atomic E-state index is -3.86. The monoisotopic (exact) mass is 364 g/mol. The molecule has 0 radical (unpaired) electrons. The largest absolute Gasteiger partial charge is 0.461 e. The van der Waals surface area contributed by atoms with Gasteiger partial charge < -0.3 is 5.73 Å². The fourth-order valence-corrected chi connectivity index (χ4v) is 4.94. The van der Waals surface area contributed by atoms with Gasteiger partial charge in [0.1, 0.15) is 18.8 Å². The molecule has 0 atom stereocenters. The molecule has 1 saturated heterocycles. The van der Waals surface area contributed by atoms with Gasteiger partial charge in [0.05, 0.1) is 19.3 Å². The zero-order chi connectivity index (χ0) is 16.3. The van der Waals surface area contributed by atoms with Gasteiger partial charge in [0.25, 0.3) is 0 Å². The van der Waals surface area contributed by atoms with E-state index in [-0.39, 0.29) is 44.2 Å². The molecule has 2 N–H and O–H groups in total. The molecule has 0 unspecified atom stereocenters. The van der Waals surface area contributed by atoms with Gasteiger partial charge in [-0.15, -0.1) is 11.6 Å². The number of hydroxylamine groups is 2. The molecular formula is C9H19ClN3O6S2+. The number of alkyl halides is 1. The van der Waals surface area contributed by atoms with Crippen LogP contribution in [-0.4, -0.2) is 75.4 Å². The molecule has 1 aliphatic rings. The Balaban J connectivity index is 3.01. The van der Waals surface area contributed by atoms with Gasteiger partial charge in [-0.25, -0.2) is 18.0 Å². The Kier molecular flexibility index (Phi) is 5.83. The van der Waals surface area contributed by atoms with Crippen LogP contribution < -0.4 is 5.73 Å². The van der Waals surface area contributed by atoms with Crippen molar-refractivity contribution in [1.82, 2.24) is 4.31 Å². The number of nitrogens with two attached hydrogens (primary N) is 1. The predicted molar refractivity (Wildman–Crippen MR) is 76.2 cm³/mol. The average molecular weight is 365 g/mol. The second kappa shape index (κ2) is 6.65. The summed E-state index contributed by atoms with van der Waals surface area (Å²) in [6.07, 6.45) is 0.00315. The second-order valence-electron chi connectivity index (χ2n) is 4.66. The van der Waals surface area contributed by atoms with E-state index in [2.05, 4.69) is 0 Å². The van der Waals surface area contributed by atoms with Crippen LogP contribution in [0, 0.1) is 0 Å². The predicted octanol–water partition coefficient (Wildman–Crippen LogP) is -0.953. The molecule has 12 heteroatoms. The van der Waals surface area contributed by atoms with Crippen molar-refractivity contribution < 1.29 is 30.5 Å². The SMILES string of the molecule is CS(=O)(=O)N1CC[N+](OC(N)=O)(S(=O)(=O)CCCCl)CC1. The number of hydrogen-bond donors (Lipinski definition) is 1. The molecule has 0 aromatic heterocycles. The number of carbonyl (C=O) groups excluding carboxylic acids is 1. The first kappa shape index (κ1) is 18.4. The number of hydrogen-bond acceptors (Lipinski definition) is 6. The lowest BCUT2D eigenvalue weighted by molar-refractivity contribution is -0.989. The summed E-state index contributed by atoms with van der Waals surface area (Å²) in [6, 6.07) is 0. The molecule has 1 rings (SSSR count). The van der Waals surface area contributed by atoms with Crippen molar-refractivity contribution in [3.63, 3.8) is 0 Å². The number of rotatable bonds is 6. The third-order valence-corrected chi connectivity index (χ3v) is 6.98. The fourth-order valence-electron chi connectivity index (χ4n) is 2.08. The highest BCUT2D eigenvalue weighted by Gasteiger charge is 2.50. The van der Waals surface area contributed by atoms with Crippen LogP contribution in [0.1, 0.15) is 6.42 Å². The zero-order valence-electron chi connectivity index (χ0n) is 11.6. The quantitative estimate of drug-likeness (QED) is 0.478. The van der Waals surface area contributed by atoms with Gasteiger partial charge >= 0.3 is 16.1 Å². The van der Waals surface area contributed by atoms with E-state index >= 15 is 0 Å². The smallest absolute Gasteiger partial charge is 0.330 e. The molecular weight excluding hydrogens is 346 g/mol. The second-order valence-corrected chi connectivity index (χ2v) is 9.26. The molecule has 21 heavy (non-hydrogen) atoms. The summed E-state index contributed by atoms with van der Waals surface area (Å²) in [6.45, 7) is -0.570. The lowest BCUT2D eigenvalue weighted by Crippen LogP contribution is -2.64. The molecule has 0 aromatic carbocycles. The van der Waals surface area contributed by atoms with E-state index in [1.807, 2.05) is 0 Å². The number of quaternary nitrogens is 1. The van der Waals surface area contributed by atoms with Gasteiger partial charge in [-0.1, -0.05) is 0 Å². The molecule has 0 saturated carbocycles. The normalized spacial score (nSPS) is 20.1. The molecule has 124 valence electrons. The topological polar surface area (TPSA) is 124 Å². The van der Waals surface area contributed by atoms with E-state index in [0.29, 0.717) is 0 Å². The Morgan fingerprint density at radius 3 is 2.19 bits per heavy atom. The fraction of sp³-hybridized carbons (Fsp3) is 0.889. The van der Waals surface area contributed by atoms with Crippen LogP contribution in [-0.2, 0) is 24.9 Å². The van der Waals surface area contributed by atoms with Gasteiger partial charge in [0.2, 0.25) is 10.0 Å². The highest BCUT2D eigenvalue weighted by molar-refractivity contribution is 7.88. The maximum absolute atomic E-state index is 12.4. The van der Waals surface area contributed by atoms with Crippen molar-refractivity contribution in [2.45, 2.75) is 6.42 Å². The number of piperazine rings is 1. The summed E-state index contributed by atoms with van der Waals surface area (Å²) in [5.41, 5.74) is 4.96. The summed E-state index contributed by atoms with van der Waals surface area (Å²) < 4.78 is 47.8. The van der Waals surface area contributed by atoms with Gasteiger partial charge in [-0.2, -0.15) is 12.7 Å². The molecule has 1 aliphatic heterocycles. The van der Waals surface area contributed by atoms with Crippen molar-refractivity contribution >= 4 is 37.7 Å². The molecule has 1 heterocycles. The van der Waals surface area contributed by atoms with Crippen LogP contribution in [0.5, 0.6) is 0 Å². The Morgan fingerprint density at radius 2 is 1.81 bits per heavy atom. The minimum Gasteiger partial charge on any atom is -0.330 e. The van der Waals surface area contributed by atoms with Crippen LogP contribution in [0.4, 0.5) is 4.79 Å². The van der Waals surface area contributed by atoms with E-state index in [9.17, 15) is 21.6 Å². The molecule has 1 amide bonds. The van der Waals surface area contributed by atoms with Crippen molar-refractivity contribution in [1.29, 1.82) is 0 Å². The Morgan fingerprint density at radius 1 is 1.29 bits per heavy atom. The van der Waals surface area contributed by atoms with Gasteiger partial charge in [0, 0.05) is 5.88 Å². The summed E-state index contributed by atoms with van der Waals surface area (Å²) >= 11 is 5.49. The van der Waals surface area contributed by atoms with Crippen LogP contribution in [0.2, 0.25) is 0 Å². The van der Waals surface area contributed by atoms with Crippen molar-refractivity contribution in [2.24, 2.45) is 5.73 Å². The summed E-state index contributed by atoms with van der Waals surface area (Å²) in [5, 5.41) is 0. The van der Waals surface area contributed by atoms with Crippen LogP contribution in [0.3, 0.4) is 0 Å². The van der Waals surface area contributed by atoms with Crippen LogP contribution in [0.25, 0.3) is 0 Å². The van der Waals surface area contributed by atoms with Crippen molar-refractivity contribution in [2.75, 3.05) is 44.1 Å². The number of halogens is 1. The van der Waals surface area contributed by atoms with E-state index in [1.54, 1.807) is 0 Å². The Bertz CT molecular complexity index is 583. The Hall–Kier alpha value is -0.620. The summed E-state index contributed by atoms with van der Waals surface area (Å²) in [4.78, 5) is 15.9. The van der Waals surface area contributed by atoms with Crippen LogP contribution >= 0.6 is 11.6 Å². The maximum atomic E-state index is 12.4. The molecule has 0 aliphatic carbocycles. The first-order valence-corrected chi connectivity index (χ1v) is 10.1. The molecule has 0 spiro atoms. The van der Waals surface area contributed by atoms with Gasteiger partial charge in [-0.3, -0.25) is 0 Å². The number of amides is 1. The first-order chi connectivity index (χ1) is 9.54. The number of sulfonamides is 2. The molecule has 0 aromatic rings. The zero-order valence-corrected chi connectivity index (χ0v) is 14.0. The lowest BCUT2D eigenvalue weighted by Gasteiger charge is -2.38. The number of nitrogens with zero attached hydrogens (tertiary/aromatic N) is 2. The Labute approximate surface area is 129 Å². The molecule has 9 nitrogen and oxygen atoms in total. The van der Waals surface area contributed by atoms with Crippen molar-refractivity contribution in [3.8, 4) is 0 Å². The third-order valence-electron chi connectivity index (χ3n) is 3.15. The standard InChI is InChI=1S/C9H18ClN3O6S2/c1-20(15,16)12-4-6-13(7-5-12,19-9(11)14)21(17,18)8-2-3-10/h2-8H2,1H3,(H-,11,14)/p+1. The third kappa shape index (κ3) is 4.42. The summed E-state index contributed by atoms with van der Waals surface area (Å²) in [5.74, 6) is -0.131. The van der Waals surface area contributed by atoms with Crippen LogP contribution in [0.15, 0.2) is 0 Å². The molecule has 0 bridgehead atoms. The highest BCUT2D eigenvalue weighted by Crippen LogP contribution is 2.23. The lowest BCUT2D eigenvalue weighted by atomic mass is 10.4. The van der Waals surface area contributed by atoms with Crippen molar-refractivity contribution in [3.05, 3.63) is 0 Å². The highest BCUT2D eigenvalue weighted by atomic mass is 35.5. The van der Waals surface area contributed by atoms with E-state index in [4.69, 9.17) is 22.2 Å². The maximum Gasteiger partial charge on any atom is 0.461 e. The number of carbonyl (C=O) groups is 1. The minimum absolute atomic E-state index is 0.0772.